The third-order valence-electron chi connectivity index (χ3n) is 13.0. The Labute approximate surface area is 268 Å². The van der Waals surface area contributed by atoms with E-state index in [0.29, 0.717) is 27.6 Å². The Kier molecular flexibility index (Phi) is 18.9. The summed E-state index contributed by atoms with van der Waals surface area (Å²) in [5, 5.41) is 0. The molecule has 0 spiro atoms. The lowest BCUT2D eigenvalue weighted by atomic mass is 9.48. The van der Waals surface area contributed by atoms with E-state index in [1.165, 1.54) is 102 Å². The fourth-order valence-electron chi connectivity index (χ4n) is 9.54. The van der Waals surface area contributed by atoms with Crippen molar-refractivity contribution in [2.45, 2.75) is 193 Å². The Hall–Kier alpha value is -0.520. The molecule has 3 saturated carbocycles. The number of rotatable bonds is 6. The van der Waals surface area contributed by atoms with Crippen LogP contribution in [0.4, 0.5) is 0 Å². The molecular weight excluding hydrogens is 504 g/mol. The fraction of sp³-hybridized carbons (Fsp3) is 0.905. The summed E-state index contributed by atoms with van der Waals surface area (Å²) in [5.74, 6) is 4.47. The van der Waals surface area contributed by atoms with Crippen molar-refractivity contribution in [3.8, 4) is 0 Å². The van der Waals surface area contributed by atoms with Crippen LogP contribution in [0.3, 0.4) is 0 Å². The summed E-state index contributed by atoms with van der Waals surface area (Å²) in [4.78, 5) is 0. The molecule has 0 nitrogen and oxygen atoms in total. The number of hydrogen-bond acceptors (Lipinski definition) is 0. The van der Waals surface area contributed by atoms with E-state index in [4.69, 9.17) is 0 Å². The van der Waals surface area contributed by atoms with Gasteiger partial charge in [0.1, 0.15) is 0 Å². The van der Waals surface area contributed by atoms with E-state index in [9.17, 15) is 0 Å². The van der Waals surface area contributed by atoms with Crippen molar-refractivity contribution in [3.63, 3.8) is 0 Å². The monoisotopic (exact) mass is 587 g/mol. The minimum absolute atomic E-state index is 0.381. The average molecular weight is 587 g/mol. The summed E-state index contributed by atoms with van der Waals surface area (Å²) < 4.78 is 0. The molecule has 3 fully saturated rings. The molecule has 0 aromatic carbocycles. The number of fused-ring (bicyclic) bond motifs is 2. The second-order valence-corrected chi connectivity index (χ2v) is 16.6. The van der Waals surface area contributed by atoms with Gasteiger partial charge in [0.05, 0.1) is 0 Å². The van der Waals surface area contributed by atoms with Crippen LogP contribution in [0.2, 0.25) is 0 Å². The summed E-state index contributed by atoms with van der Waals surface area (Å²) in [6.45, 7) is 39.8. The fourth-order valence-corrected chi connectivity index (χ4v) is 9.54. The Morgan fingerprint density at radius 3 is 1.95 bits per heavy atom. The Morgan fingerprint density at radius 1 is 0.905 bits per heavy atom. The minimum Gasteiger partial charge on any atom is -0.103 e. The largest absolute Gasteiger partial charge is 0.103 e. The van der Waals surface area contributed by atoms with E-state index < -0.39 is 0 Å². The predicted molar refractivity (Wildman–Crippen MR) is 195 cm³/mol. The topological polar surface area (TPSA) is 0 Å². The third-order valence-corrected chi connectivity index (χ3v) is 13.0. The molecule has 0 aromatic rings. The van der Waals surface area contributed by atoms with Gasteiger partial charge in [0.15, 0.2) is 0 Å². The van der Waals surface area contributed by atoms with Crippen molar-refractivity contribution >= 4 is 0 Å². The van der Waals surface area contributed by atoms with Crippen LogP contribution in [-0.2, 0) is 0 Å². The molecule has 0 aliphatic heterocycles. The summed E-state index contributed by atoms with van der Waals surface area (Å²) in [7, 11) is 0. The molecule has 0 aromatic heterocycles. The van der Waals surface area contributed by atoms with Crippen LogP contribution in [0.25, 0.3) is 0 Å². The van der Waals surface area contributed by atoms with Gasteiger partial charge in [0.2, 0.25) is 0 Å². The Morgan fingerprint density at radius 2 is 1.48 bits per heavy atom. The highest BCUT2D eigenvalue weighted by Gasteiger charge is 2.52. The number of hydrogen-bond donors (Lipinski definition) is 0. The maximum atomic E-state index is 3.92. The molecule has 3 aliphatic carbocycles. The number of allylic oxidation sites excluding steroid dienone is 2. The normalized spacial score (nSPS) is 35.3. The first-order valence-electron chi connectivity index (χ1n) is 18.8. The molecule has 8 unspecified atom stereocenters. The summed E-state index contributed by atoms with van der Waals surface area (Å²) >= 11 is 0. The van der Waals surface area contributed by atoms with E-state index in [1.807, 2.05) is 20.8 Å². The first-order valence-corrected chi connectivity index (χ1v) is 18.8. The summed E-state index contributed by atoms with van der Waals surface area (Å²) in [5.41, 5.74) is 3.55. The molecule has 0 saturated heterocycles. The molecule has 250 valence electrons. The van der Waals surface area contributed by atoms with Crippen LogP contribution in [0, 0.1) is 51.2 Å². The van der Waals surface area contributed by atoms with Crippen molar-refractivity contribution < 1.29 is 0 Å². The zero-order valence-corrected chi connectivity index (χ0v) is 32.0. The minimum atomic E-state index is 0.381. The van der Waals surface area contributed by atoms with Crippen LogP contribution in [-0.4, -0.2) is 0 Å². The van der Waals surface area contributed by atoms with Crippen LogP contribution in [0.15, 0.2) is 24.8 Å². The molecule has 0 N–H and O–H groups in total. The molecular formula is C42H82. The highest BCUT2D eigenvalue weighted by Crippen LogP contribution is 2.62. The van der Waals surface area contributed by atoms with Crippen molar-refractivity contribution in [3.05, 3.63) is 24.8 Å². The van der Waals surface area contributed by atoms with Crippen LogP contribution in [0.1, 0.15) is 193 Å². The standard InChI is InChI=1S/C28H52.C9H18.C3H6.C2H6/c1-7-9-10-18-27(6)23(4)16-21-26(5)17-12-20-28(8-2)19-11-13-24(28)22(3)14-15-25(26)27;1-7(2)8(3)9(4,5)6;1-3-2;1-2/h22-25H,7-21H2,1-6H3;8H,1H2,2-6H3;3H,1H2,2H3;1-2H3. The van der Waals surface area contributed by atoms with Gasteiger partial charge in [0, 0.05) is 0 Å². The summed E-state index contributed by atoms with van der Waals surface area (Å²) in [6, 6.07) is 0. The van der Waals surface area contributed by atoms with Crippen LogP contribution < -0.4 is 0 Å². The van der Waals surface area contributed by atoms with Gasteiger partial charge in [-0.05, 0) is 116 Å². The van der Waals surface area contributed by atoms with Gasteiger partial charge in [-0.3, -0.25) is 0 Å². The molecule has 0 amide bonds. The summed E-state index contributed by atoms with van der Waals surface area (Å²) in [6.07, 6.45) is 24.0. The highest BCUT2D eigenvalue weighted by atomic mass is 14.6. The van der Waals surface area contributed by atoms with Gasteiger partial charge in [-0.2, -0.15) is 0 Å². The van der Waals surface area contributed by atoms with Gasteiger partial charge in [-0.25, -0.2) is 0 Å². The molecule has 0 heteroatoms. The van der Waals surface area contributed by atoms with E-state index in [-0.39, 0.29) is 0 Å². The van der Waals surface area contributed by atoms with Crippen molar-refractivity contribution in [2.24, 2.45) is 51.2 Å². The van der Waals surface area contributed by atoms with Gasteiger partial charge in [-0.15, -0.1) is 6.58 Å². The molecule has 0 bridgehead atoms. The number of unbranched alkanes of at least 4 members (excludes halogenated alkanes) is 2. The molecule has 3 aliphatic rings. The maximum Gasteiger partial charge on any atom is -0.0188 e. The van der Waals surface area contributed by atoms with Gasteiger partial charge in [0.25, 0.3) is 0 Å². The third kappa shape index (κ3) is 11.1. The predicted octanol–water partition coefficient (Wildman–Crippen LogP) is 14.9. The van der Waals surface area contributed by atoms with Crippen LogP contribution in [0.5, 0.6) is 0 Å². The lowest BCUT2D eigenvalue weighted by Gasteiger charge is -2.57. The lowest BCUT2D eigenvalue weighted by Crippen LogP contribution is -2.48. The van der Waals surface area contributed by atoms with E-state index in [0.717, 1.165) is 23.7 Å². The molecule has 0 radical (unpaired) electrons. The first kappa shape index (κ1) is 41.5. The molecule has 3 rings (SSSR count). The zero-order valence-electron chi connectivity index (χ0n) is 32.0. The van der Waals surface area contributed by atoms with Crippen molar-refractivity contribution in [2.75, 3.05) is 0 Å². The van der Waals surface area contributed by atoms with E-state index >= 15 is 0 Å². The van der Waals surface area contributed by atoms with E-state index in [1.54, 1.807) is 6.08 Å². The van der Waals surface area contributed by atoms with Crippen molar-refractivity contribution in [1.82, 2.24) is 0 Å². The van der Waals surface area contributed by atoms with Gasteiger partial charge >= 0.3 is 0 Å². The molecule has 8 atom stereocenters. The maximum absolute atomic E-state index is 3.92. The quantitative estimate of drug-likeness (QED) is 0.214. The Bertz CT molecular complexity index is 738. The lowest BCUT2D eigenvalue weighted by molar-refractivity contribution is -0.0769. The zero-order chi connectivity index (χ0) is 32.8. The molecule has 42 heavy (non-hydrogen) atoms. The van der Waals surface area contributed by atoms with E-state index in [2.05, 4.69) is 89.3 Å². The second kappa shape index (κ2) is 19.1. The molecule has 0 heterocycles. The highest BCUT2D eigenvalue weighted by molar-refractivity contribution is 5.03. The average Bonchev–Trinajstić information content (AvgIpc) is 3.36. The SMILES string of the molecule is C=C(C)C(C)C(C)(C)C.C=CC.CC.CCCCCC1(C)C(C)CCC2(C)CCCC3(CC)CCCC3C(C)CCC21. The van der Waals surface area contributed by atoms with Crippen molar-refractivity contribution in [1.29, 1.82) is 0 Å². The Balaban J connectivity index is 0.00000101. The second-order valence-electron chi connectivity index (χ2n) is 16.6. The van der Waals surface area contributed by atoms with Gasteiger partial charge < -0.3 is 0 Å². The smallest absolute Gasteiger partial charge is 0.0188 e. The van der Waals surface area contributed by atoms with Crippen LogP contribution >= 0.6 is 0 Å². The first-order chi connectivity index (χ1) is 19.6. The van der Waals surface area contributed by atoms with Gasteiger partial charge in [-0.1, -0.05) is 146 Å².